The van der Waals surface area contributed by atoms with Crippen LogP contribution in [0.3, 0.4) is 0 Å². The molecular weight excluding hydrogens is 384 g/mol. The molecule has 2 N–H and O–H groups in total. The van der Waals surface area contributed by atoms with Crippen LogP contribution in [0.2, 0.25) is 0 Å². The van der Waals surface area contributed by atoms with Gasteiger partial charge in [0.1, 0.15) is 6.29 Å². The summed E-state index contributed by atoms with van der Waals surface area (Å²) in [5.41, 5.74) is 4.27. The fraction of sp³-hybridized carbons (Fsp3) is 0.185. The topological polar surface area (TPSA) is 62.0 Å². The zero-order valence-corrected chi connectivity index (χ0v) is 17.3. The molecule has 0 saturated carbocycles. The average Bonchev–Trinajstić information content (AvgIpc) is 3.22. The summed E-state index contributed by atoms with van der Waals surface area (Å²) < 4.78 is 0. The molecule has 1 atom stereocenters. The first-order chi connectivity index (χ1) is 15.2. The minimum atomic E-state index is -0.569. The van der Waals surface area contributed by atoms with Gasteiger partial charge >= 0.3 is 0 Å². The van der Waals surface area contributed by atoms with Crippen LogP contribution in [0, 0.1) is 5.92 Å². The Morgan fingerprint density at radius 3 is 2.00 bits per heavy atom. The minimum Gasteiger partial charge on any atom is -0.361 e. The van der Waals surface area contributed by atoms with Crippen molar-refractivity contribution in [2.24, 2.45) is 5.92 Å². The molecule has 31 heavy (non-hydrogen) atoms. The summed E-state index contributed by atoms with van der Waals surface area (Å²) >= 11 is 0. The van der Waals surface area contributed by atoms with Crippen LogP contribution in [-0.2, 0) is 28.9 Å². The number of hydrogen-bond donors (Lipinski definition) is 2. The summed E-state index contributed by atoms with van der Waals surface area (Å²) in [5, 5.41) is 4.07. The Kier molecular flexibility index (Phi) is 6.58. The fourth-order valence-electron chi connectivity index (χ4n) is 4.03. The number of hydrogen-bond acceptors (Lipinski definition) is 2. The van der Waals surface area contributed by atoms with Gasteiger partial charge in [0.05, 0.1) is 6.04 Å². The number of aldehydes is 1. The number of para-hydroxylation sites is 1. The third kappa shape index (κ3) is 5.28. The number of aromatic nitrogens is 1. The van der Waals surface area contributed by atoms with Crippen molar-refractivity contribution in [1.29, 1.82) is 0 Å². The highest BCUT2D eigenvalue weighted by Crippen LogP contribution is 2.20. The Bertz CT molecular complexity index is 1090. The normalized spacial score (nSPS) is 12.0. The number of carbonyl (C=O) groups excluding carboxylic acids is 2. The van der Waals surface area contributed by atoms with Crippen molar-refractivity contribution in [3.8, 4) is 0 Å². The molecule has 3 aromatic carbocycles. The van der Waals surface area contributed by atoms with Gasteiger partial charge in [-0.05, 0) is 35.6 Å². The summed E-state index contributed by atoms with van der Waals surface area (Å²) in [7, 11) is 0. The Hall–Kier alpha value is -3.66. The Balaban J connectivity index is 1.50. The second-order valence-corrected chi connectivity index (χ2v) is 7.89. The van der Waals surface area contributed by atoms with Crippen LogP contribution >= 0.6 is 0 Å². The summed E-state index contributed by atoms with van der Waals surface area (Å²) in [6.07, 6.45) is 4.46. The van der Waals surface area contributed by atoms with E-state index < -0.39 is 6.04 Å². The van der Waals surface area contributed by atoms with E-state index in [4.69, 9.17) is 0 Å². The van der Waals surface area contributed by atoms with Crippen molar-refractivity contribution in [3.05, 3.63) is 108 Å². The first-order valence-corrected chi connectivity index (χ1v) is 10.6. The highest BCUT2D eigenvalue weighted by molar-refractivity contribution is 5.85. The van der Waals surface area contributed by atoms with Crippen molar-refractivity contribution >= 4 is 23.1 Å². The van der Waals surface area contributed by atoms with Crippen molar-refractivity contribution in [1.82, 2.24) is 10.3 Å². The second-order valence-electron chi connectivity index (χ2n) is 7.89. The second kappa shape index (κ2) is 9.90. The highest BCUT2D eigenvalue weighted by atomic mass is 16.2. The molecule has 4 heteroatoms. The quantitative estimate of drug-likeness (QED) is 0.399. The number of benzene rings is 3. The van der Waals surface area contributed by atoms with Gasteiger partial charge in [0, 0.05) is 29.4 Å². The number of H-pyrrole nitrogens is 1. The number of aromatic amines is 1. The summed E-state index contributed by atoms with van der Waals surface area (Å²) in [6, 6.07) is 27.4. The lowest BCUT2D eigenvalue weighted by atomic mass is 9.91. The van der Waals surface area contributed by atoms with Gasteiger partial charge in [-0.1, -0.05) is 78.9 Å². The van der Waals surface area contributed by atoms with Gasteiger partial charge in [0.2, 0.25) is 5.91 Å². The molecule has 0 radical (unpaired) electrons. The lowest BCUT2D eigenvalue weighted by molar-refractivity contribution is -0.127. The molecule has 1 amide bonds. The Morgan fingerprint density at radius 2 is 1.39 bits per heavy atom. The molecule has 0 aliphatic heterocycles. The van der Waals surface area contributed by atoms with E-state index in [9.17, 15) is 9.59 Å². The zero-order valence-electron chi connectivity index (χ0n) is 17.3. The van der Waals surface area contributed by atoms with Crippen LogP contribution in [-0.4, -0.2) is 23.2 Å². The van der Waals surface area contributed by atoms with E-state index in [1.807, 2.05) is 91.1 Å². The Morgan fingerprint density at radius 1 is 0.806 bits per heavy atom. The molecule has 0 saturated heterocycles. The van der Waals surface area contributed by atoms with E-state index in [0.29, 0.717) is 19.3 Å². The van der Waals surface area contributed by atoms with Gasteiger partial charge in [-0.15, -0.1) is 0 Å². The Labute approximate surface area is 182 Å². The molecule has 1 heterocycles. The first kappa shape index (κ1) is 20.6. The molecule has 0 spiro atoms. The predicted molar refractivity (Wildman–Crippen MR) is 124 cm³/mol. The fourth-order valence-corrected chi connectivity index (χ4v) is 4.03. The SMILES string of the molecule is O=C[C@H](Cc1c[nH]c2ccccc12)NC(=O)C(Cc1ccccc1)Cc1ccccc1. The van der Waals surface area contributed by atoms with E-state index in [1.165, 1.54) is 0 Å². The smallest absolute Gasteiger partial charge is 0.224 e. The first-order valence-electron chi connectivity index (χ1n) is 10.6. The van der Waals surface area contributed by atoms with Gasteiger partial charge in [0.25, 0.3) is 0 Å². The standard InChI is InChI=1S/C27H26N2O2/c30-19-24(17-23-18-28-26-14-8-7-13-25(23)26)29-27(31)22(15-20-9-3-1-4-10-20)16-21-11-5-2-6-12-21/h1-14,18-19,22,24,28H,15-17H2,(H,29,31)/t24-/m0/s1. The molecule has 4 nitrogen and oxygen atoms in total. The number of carbonyl (C=O) groups is 2. The van der Waals surface area contributed by atoms with Gasteiger partial charge in [-0.3, -0.25) is 4.79 Å². The molecule has 4 rings (SSSR count). The van der Waals surface area contributed by atoms with E-state index >= 15 is 0 Å². The summed E-state index contributed by atoms with van der Waals surface area (Å²) in [6.45, 7) is 0. The molecule has 1 aromatic heterocycles. The van der Waals surface area contributed by atoms with Crippen LogP contribution in [0.5, 0.6) is 0 Å². The van der Waals surface area contributed by atoms with Gasteiger partial charge in [0.15, 0.2) is 0 Å². The van der Waals surface area contributed by atoms with Crippen LogP contribution in [0.25, 0.3) is 10.9 Å². The molecule has 0 aliphatic rings. The van der Waals surface area contributed by atoms with Gasteiger partial charge in [-0.2, -0.15) is 0 Å². The third-order valence-electron chi connectivity index (χ3n) is 5.63. The maximum atomic E-state index is 13.2. The van der Waals surface area contributed by atoms with Gasteiger partial charge < -0.3 is 15.1 Å². The van der Waals surface area contributed by atoms with E-state index in [1.54, 1.807) is 0 Å². The average molecular weight is 411 g/mol. The minimum absolute atomic E-state index is 0.0929. The lowest BCUT2D eigenvalue weighted by Gasteiger charge is -2.20. The van der Waals surface area contributed by atoms with Crippen LogP contribution in [0.4, 0.5) is 0 Å². The van der Waals surface area contributed by atoms with E-state index in [0.717, 1.165) is 33.9 Å². The summed E-state index contributed by atoms with van der Waals surface area (Å²) in [5.74, 6) is -0.347. The third-order valence-corrected chi connectivity index (χ3v) is 5.63. The van der Waals surface area contributed by atoms with Crippen molar-refractivity contribution in [3.63, 3.8) is 0 Å². The van der Waals surface area contributed by atoms with Crippen molar-refractivity contribution < 1.29 is 9.59 Å². The number of fused-ring (bicyclic) bond motifs is 1. The van der Waals surface area contributed by atoms with Gasteiger partial charge in [-0.25, -0.2) is 0 Å². The molecule has 0 unspecified atom stereocenters. The van der Waals surface area contributed by atoms with Crippen molar-refractivity contribution in [2.45, 2.75) is 25.3 Å². The molecule has 0 fully saturated rings. The highest BCUT2D eigenvalue weighted by Gasteiger charge is 2.23. The molecule has 4 aromatic rings. The summed E-state index contributed by atoms with van der Waals surface area (Å²) in [4.78, 5) is 28.3. The van der Waals surface area contributed by atoms with Crippen molar-refractivity contribution in [2.75, 3.05) is 0 Å². The number of rotatable bonds is 9. The molecule has 0 aliphatic carbocycles. The lowest BCUT2D eigenvalue weighted by Crippen LogP contribution is -2.42. The molecule has 0 bridgehead atoms. The molecule has 156 valence electrons. The van der Waals surface area contributed by atoms with E-state index in [-0.39, 0.29) is 11.8 Å². The van der Waals surface area contributed by atoms with Crippen LogP contribution < -0.4 is 5.32 Å². The van der Waals surface area contributed by atoms with Crippen LogP contribution in [0.1, 0.15) is 16.7 Å². The largest absolute Gasteiger partial charge is 0.361 e. The number of nitrogens with one attached hydrogen (secondary N) is 2. The van der Waals surface area contributed by atoms with E-state index in [2.05, 4.69) is 10.3 Å². The monoisotopic (exact) mass is 410 g/mol. The van der Waals surface area contributed by atoms with Crippen LogP contribution in [0.15, 0.2) is 91.1 Å². The molecular formula is C27H26N2O2. The number of amides is 1. The maximum Gasteiger partial charge on any atom is 0.224 e. The predicted octanol–water partition coefficient (Wildman–Crippen LogP) is 4.50. The maximum absolute atomic E-state index is 13.2. The zero-order chi connectivity index (χ0) is 21.5.